The number of benzene rings is 2. The molecule has 1 aliphatic heterocycles. The van der Waals surface area contributed by atoms with Gasteiger partial charge in [0.25, 0.3) is 0 Å². The molecule has 0 radical (unpaired) electrons. The summed E-state index contributed by atoms with van der Waals surface area (Å²) >= 11 is 5.28. The highest BCUT2D eigenvalue weighted by Crippen LogP contribution is 2.22. The van der Waals surface area contributed by atoms with E-state index in [1.807, 2.05) is 0 Å². The molecule has 0 amide bonds. The Bertz CT molecular complexity index is 933. The molecule has 0 atom stereocenters. The molecule has 0 saturated carbocycles. The zero-order valence-corrected chi connectivity index (χ0v) is 16.6. The van der Waals surface area contributed by atoms with Gasteiger partial charge in [-0.1, -0.05) is 0 Å². The minimum Gasteiger partial charge on any atom is -0.332 e. The van der Waals surface area contributed by atoms with Crippen LogP contribution in [0.15, 0.2) is 53.4 Å². The number of carbonyl (C=O) groups is 1. The van der Waals surface area contributed by atoms with Gasteiger partial charge < -0.3 is 10.6 Å². The average molecular weight is 404 g/mol. The molecular formula is C19H21N3O3S2. The molecule has 0 aromatic heterocycles. The monoisotopic (exact) mass is 403 g/mol. The molecule has 2 aromatic rings. The number of rotatable bonds is 5. The summed E-state index contributed by atoms with van der Waals surface area (Å²) in [5, 5.41) is 6.43. The van der Waals surface area contributed by atoms with Gasteiger partial charge >= 0.3 is 0 Å². The van der Waals surface area contributed by atoms with E-state index in [9.17, 15) is 13.2 Å². The minimum absolute atomic E-state index is 0.00576. The molecule has 1 saturated heterocycles. The van der Waals surface area contributed by atoms with Crippen LogP contribution in [0.3, 0.4) is 0 Å². The van der Waals surface area contributed by atoms with Crippen LogP contribution in [-0.4, -0.2) is 36.7 Å². The molecule has 2 aromatic carbocycles. The van der Waals surface area contributed by atoms with Crippen LogP contribution in [0, 0.1) is 0 Å². The van der Waals surface area contributed by atoms with Crippen molar-refractivity contribution in [2.45, 2.75) is 24.7 Å². The molecule has 0 aliphatic carbocycles. The van der Waals surface area contributed by atoms with Gasteiger partial charge in [0.15, 0.2) is 10.9 Å². The smallest absolute Gasteiger partial charge is 0.243 e. The number of sulfonamides is 1. The van der Waals surface area contributed by atoms with Crippen molar-refractivity contribution in [2.24, 2.45) is 0 Å². The van der Waals surface area contributed by atoms with E-state index >= 15 is 0 Å². The number of hydrogen-bond donors (Lipinski definition) is 2. The minimum atomic E-state index is -3.41. The van der Waals surface area contributed by atoms with Gasteiger partial charge in [-0.15, -0.1) is 0 Å². The van der Waals surface area contributed by atoms with Crippen LogP contribution >= 0.6 is 12.2 Å². The number of nitrogens with zero attached hydrogens (tertiary/aromatic N) is 1. The lowest BCUT2D eigenvalue weighted by atomic mass is 10.1. The van der Waals surface area contributed by atoms with Crippen LogP contribution in [0.4, 0.5) is 11.4 Å². The maximum atomic E-state index is 12.5. The van der Waals surface area contributed by atoms with Gasteiger partial charge in [0, 0.05) is 30.0 Å². The third-order valence-electron chi connectivity index (χ3n) is 4.36. The van der Waals surface area contributed by atoms with Crippen LogP contribution in [-0.2, 0) is 10.0 Å². The van der Waals surface area contributed by atoms with E-state index in [1.54, 1.807) is 48.5 Å². The van der Waals surface area contributed by atoms with Crippen molar-refractivity contribution in [1.82, 2.24) is 4.31 Å². The summed E-state index contributed by atoms with van der Waals surface area (Å²) in [6, 6.07) is 13.6. The van der Waals surface area contributed by atoms with E-state index in [4.69, 9.17) is 12.2 Å². The summed E-state index contributed by atoms with van der Waals surface area (Å²) in [4.78, 5) is 11.6. The normalized spacial score (nSPS) is 14.7. The molecule has 1 aliphatic rings. The van der Waals surface area contributed by atoms with Crippen molar-refractivity contribution < 1.29 is 13.2 Å². The Labute approximate surface area is 164 Å². The molecule has 0 unspecified atom stereocenters. The largest absolute Gasteiger partial charge is 0.332 e. The number of anilines is 2. The third kappa shape index (κ3) is 4.71. The van der Waals surface area contributed by atoms with E-state index in [2.05, 4.69) is 10.6 Å². The summed E-state index contributed by atoms with van der Waals surface area (Å²) in [6.07, 6.45) is 1.82. The Kier molecular flexibility index (Phi) is 5.88. The molecular weight excluding hydrogens is 382 g/mol. The van der Waals surface area contributed by atoms with Crippen molar-refractivity contribution in [3.8, 4) is 0 Å². The second-order valence-corrected chi connectivity index (χ2v) is 8.69. The van der Waals surface area contributed by atoms with Crippen LogP contribution in [0.25, 0.3) is 0 Å². The van der Waals surface area contributed by atoms with E-state index < -0.39 is 10.0 Å². The summed E-state index contributed by atoms with van der Waals surface area (Å²) in [5.41, 5.74) is 2.08. The summed E-state index contributed by atoms with van der Waals surface area (Å²) in [5.74, 6) is 0.00576. The number of hydrogen-bond acceptors (Lipinski definition) is 4. The highest BCUT2D eigenvalue weighted by molar-refractivity contribution is 7.89. The van der Waals surface area contributed by atoms with Gasteiger partial charge in [0.2, 0.25) is 10.0 Å². The predicted octanol–water partition coefficient (Wildman–Crippen LogP) is 3.48. The molecule has 1 fully saturated rings. The fourth-order valence-electron chi connectivity index (χ4n) is 2.87. The van der Waals surface area contributed by atoms with Crippen molar-refractivity contribution in [2.75, 3.05) is 23.7 Å². The average Bonchev–Trinajstić information content (AvgIpc) is 3.18. The predicted molar refractivity (Wildman–Crippen MR) is 111 cm³/mol. The standard InChI is InChI=1S/C19H21N3O3S2/c1-14(23)15-4-6-16(7-5-15)20-19(26)21-17-8-10-18(11-9-17)27(24,25)22-12-2-3-13-22/h4-11H,2-3,12-13H2,1H3,(H2,20,21,26). The highest BCUT2D eigenvalue weighted by Gasteiger charge is 2.26. The first-order valence-electron chi connectivity index (χ1n) is 8.65. The zero-order valence-electron chi connectivity index (χ0n) is 14.9. The van der Waals surface area contributed by atoms with Crippen LogP contribution in [0.1, 0.15) is 30.1 Å². The van der Waals surface area contributed by atoms with Gasteiger partial charge in [-0.3, -0.25) is 4.79 Å². The molecule has 8 heteroatoms. The van der Waals surface area contributed by atoms with Gasteiger partial charge in [-0.2, -0.15) is 4.31 Å². The second kappa shape index (κ2) is 8.16. The number of Topliss-reactive ketones (excluding diaryl/α,β-unsaturated/α-hetero) is 1. The second-order valence-electron chi connectivity index (χ2n) is 6.35. The Hall–Kier alpha value is -2.29. The van der Waals surface area contributed by atoms with Crippen LogP contribution in [0.5, 0.6) is 0 Å². The SMILES string of the molecule is CC(=O)c1ccc(NC(=S)Nc2ccc(S(=O)(=O)N3CCCC3)cc2)cc1. The van der Waals surface area contributed by atoms with E-state index in [0.717, 1.165) is 18.5 Å². The lowest BCUT2D eigenvalue weighted by Gasteiger charge is -2.16. The molecule has 27 heavy (non-hydrogen) atoms. The first-order chi connectivity index (χ1) is 12.9. The van der Waals surface area contributed by atoms with E-state index in [1.165, 1.54) is 11.2 Å². The first kappa shape index (κ1) is 19.5. The fourth-order valence-corrected chi connectivity index (χ4v) is 4.62. The maximum absolute atomic E-state index is 12.5. The Balaban J connectivity index is 1.62. The third-order valence-corrected chi connectivity index (χ3v) is 6.48. The van der Waals surface area contributed by atoms with Crippen molar-refractivity contribution in [3.63, 3.8) is 0 Å². The van der Waals surface area contributed by atoms with Crippen LogP contribution in [0.2, 0.25) is 0 Å². The zero-order chi connectivity index (χ0) is 19.4. The fraction of sp³-hybridized carbons (Fsp3) is 0.263. The number of nitrogens with one attached hydrogen (secondary N) is 2. The van der Waals surface area contributed by atoms with Gasteiger partial charge in [-0.25, -0.2) is 8.42 Å². The van der Waals surface area contributed by atoms with E-state index in [0.29, 0.717) is 29.5 Å². The van der Waals surface area contributed by atoms with Crippen molar-refractivity contribution in [1.29, 1.82) is 0 Å². The van der Waals surface area contributed by atoms with Crippen molar-refractivity contribution >= 4 is 44.5 Å². The van der Waals surface area contributed by atoms with Gasteiger partial charge in [0.05, 0.1) is 4.90 Å². The number of thiocarbonyl (C=S) groups is 1. The summed E-state index contributed by atoms with van der Waals surface area (Å²) < 4.78 is 26.6. The van der Waals surface area contributed by atoms with Crippen molar-refractivity contribution in [3.05, 3.63) is 54.1 Å². The molecule has 142 valence electrons. The Morgan fingerprint density at radius 3 is 1.89 bits per heavy atom. The molecule has 1 heterocycles. The molecule has 6 nitrogen and oxygen atoms in total. The maximum Gasteiger partial charge on any atom is 0.243 e. The van der Waals surface area contributed by atoms with Crippen LogP contribution < -0.4 is 10.6 Å². The quantitative estimate of drug-likeness (QED) is 0.588. The number of carbonyl (C=O) groups excluding carboxylic acids is 1. The molecule has 3 rings (SSSR count). The summed E-state index contributed by atoms with van der Waals surface area (Å²) in [6.45, 7) is 2.68. The number of ketones is 1. The first-order valence-corrected chi connectivity index (χ1v) is 10.5. The molecule has 0 bridgehead atoms. The van der Waals surface area contributed by atoms with Gasteiger partial charge in [0.1, 0.15) is 0 Å². The molecule has 2 N–H and O–H groups in total. The molecule has 0 spiro atoms. The van der Waals surface area contributed by atoms with Gasteiger partial charge in [-0.05, 0) is 80.5 Å². The lowest BCUT2D eigenvalue weighted by Crippen LogP contribution is -2.27. The summed E-state index contributed by atoms with van der Waals surface area (Å²) in [7, 11) is -3.41. The highest BCUT2D eigenvalue weighted by atomic mass is 32.2. The lowest BCUT2D eigenvalue weighted by molar-refractivity contribution is 0.101. The van der Waals surface area contributed by atoms with E-state index in [-0.39, 0.29) is 10.7 Å². The Morgan fingerprint density at radius 1 is 0.926 bits per heavy atom. The Morgan fingerprint density at radius 2 is 1.41 bits per heavy atom. The topological polar surface area (TPSA) is 78.5 Å².